The zero-order chi connectivity index (χ0) is 54.9. The molecule has 74 heavy (non-hydrogen) atoms. The number of carboxylic acids is 1. The van der Waals surface area contributed by atoms with Crippen LogP contribution in [0.4, 0.5) is 0 Å². The second-order valence-corrected chi connectivity index (χ2v) is 18.5. The summed E-state index contributed by atoms with van der Waals surface area (Å²) in [6, 6.07) is -3.46. The van der Waals surface area contributed by atoms with Crippen molar-refractivity contribution in [3.8, 4) is 0 Å². The van der Waals surface area contributed by atoms with Crippen LogP contribution < -0.4 is 16.4 Å². The summed E-state index contributed by atoms with van der Waals surface area (Å²) in [5, 5.41) is 178. The van der Waals surface area contributed by atoms with Crippen molar-refractivity contribution in [1.82, 2.24) is 10.6 Å². The van der Waals surface area contributed by atoms with Crippen LogP contribution in [0.5, 0.6) is 0 Å². The number of aliphatic carboxylic acids is 1. The molecule has 32 heteroatoms. The van der Waals surface area contributed by atoms with E-state index in [0.29, 0.717) is 25.8 Å². The van der Waals surface area contributed by atoms with Gasteiger partial charge in [0, 0.05) is 26.9 Å². The lowest BCUT2D eigenvalue weighted by Gasteiger charge is -2.51. The summed E-state index contributed by atoms with van der Waals surface area (Å²) in [4.78, 5) is 37.6. The van der Waals surface area contributed by atoms with Gasteiger partial charge in [0.15, 0.2) is 25.2 Å². The molecule has 0 aromatic heterocycles. The van der Waals surface area contributed by atoms with Crippen LogP contribution >= 0.6 is 0 Å². The number of ether oxygens (including phenoxy) is 10. The molecule has 0 aromatic carbocycles. The van der Waals surface area contributed by atoms with Crippen molar-refractivity contribution in [2.75, 3.05) is 46.2 Å². The lowest BCUT2D eigenvalue weighted by molar-refractivity contribution is -0.390. The van der Waals surface area contributed by atoms with Crippen LogP contribution in [0.15, 0.2) is 0 Å². The first-order chi connectivity index (χ1) is 35.0. The van der Waals surface area contributed by atoms with E-state index in [1.165, 1.54) is 0 Å². The molecule has 5 saturated heterocycles. The van der Waals surface area contributed by atoms with Gasteiger partial charge in [-0.3, -0.25) is 9.59 Å². The Hall–Kier alpha value is -2.63. The first-order valence-electron chi connectivity index (χ1n) is 23.9. The molecular weight excluding hydrogens is 1010 g/mol. The third kappa shape index (κ3) is 14.2. The van der Waals surface area contributed by atoms with Crippen molar-refractivity contribution in [3.63, 3.8) is 0 Å². The Labute approximate surface area is 421 Å². The SMILES string of the molecule is CC(=O)N[C@H]1[C@H](O[C@H]2[C@@H](O)[C@@H](CO)O[C@@H](O[C@H]3[C@H](O)[C@@H](O)[C@H](OCCCCCN)O[C@@H]3CO)[C@@H]2O)O[C@H](CO)[C@@H](O[C@@H]2O[C@H](CO)[C@H](O)[C@H](O[C@]3(C(=O)O)C[C@H](O)[C@@H](NC(C)=O)[C@H]([C@H](O)[C@H](O)CO)O3)[C@H]2O)[C@@H]1O. The van der Waals surface area contributed by atoms with Crippen LogP contribution in [0.25, 0.3) is 0 Å². The highest BCUT2D eigenvalue weighted by Gasteiger charge is 2.61. The molecule has 20 N–H and O–H groups in total. The molecule has 32 nitrogen and oxygen atoms in total. The molecular formula is C42H73N3O29. The standard InChI is InChI=1S/C42H73N3O29/c1-14(51)44-22-16(53)8-42(41(63)64,73-34(22)24(55)17(54)9-46)74-36-26(57)19(11-48)67-40(31(36)62)70-32-20(12-49)68-37(23(27(32)58)45-15(2)52)72-35-25(56)18(10-47)66-39(30(35)61)71-33-21(13-50)69-38(29(60)28(33)59)65-7-5-3-4-6-43/h16-40,46-50,53-62H,3-13,43H2,1-2H3,(H,44,51)(H,45,52)(H,63,64)/t16-,17+,18+,19+,20+,21+,22+,23+,24+,25-,26-,27+,28+,29+,30+,31+,32+,33+,34+,35-,36-,37-,38+,39-,40-,42-/m0/s1. The van der Waals surface area contributed by atoms with Crippen molar-refractivity contribution in [2.45, 2.75) is 199 Å². The van der Waals surface area contributed by atoms with Gasteiger partial charge in [-0.25, -0.2) is 4.79 Å². The number of nitrogens with one attached hydrogen (secondary N) is 2. The highest BCUT2D eigenvalue weighted by Crippen LogP contribution is 2.39. The third-order valence-corrected chi connectivity index (χ3v) is 13.2. The number of aliphatic hydroxyl groups is 15. The van der Waals surface area contributed by atoms with Gasteiger partial charge in [0.2, 0.25) is 11.8 Å². The molecule has 0 spiro atoms. The van der Waals surface area contributed by atoms with Gasteiger partial charge in [-0.05, 0) is 25.8 Å². The minimum atomic E-state index is -3.17. The van der Waals surface area contributed by atoms with E-state index in [1.54, 1.807) is 0 Å². The third-order valence-electron chi connectivity index (χ3n) is 13.2. The number of hydrogen-bond acceptors (Lipinski definition) is 29. The zero-order valence-electron chi connectivity index (χ0n) is 40.3. The fourth-order valence-corrected chi connectivity index (χ4v) is 9.28. The van der Waals surface area contributed by atoms with Crippen LogP contribution in [-0.4, -0.2) is 305 Å². The number of unbranched alkanes of at least 4 members (excludes halogenated alkanes) is 2. The molecule has 0 saturated carbocycles. The zero-order valence-corrected chi connectivity index (χ0v) is 40.3. The Morgan fingerprint density at radius 1 is 0.595 bits per heavy atom. The van der Waals surface area contributed by atoms with Crippen LogP contribution in [-0.2, 0) is 61.8 Å². The average Bonchev–Trinajstić information content (AvgIpc) is 3.36. The van der Waals surface area contributed by atoms with Crippen molar-refractivity contribution in [2.24, 2.45) is 5.73 Å². The number of rotatable bonds is 24. The number of hydrogen-bond donors (Lipinski definition) is 19. The monoisotopic (exact) mass is 1080 g/mol. The Bertz CT molecular complexity index is 1760. The molecule has 0 aromatic rings. The fraction of sp³-hybridized carbons (Fsp3) is 0.929. The maximum Gasteiger partial charge on any atom is 0.364 e. The molecule has 5 aliphatic heterocycles. The second kappa shape index (κ2) is 27.8. The largest absolute Gasteiger partial charge is 0.477 e. The predicted molar refractivity (Wildman–Crippen MR) is 234 cm³/mol. The van der Waals surface area contributed by atoms with E-state index in [2.05, 4.69) is 10.6 Å². The van der Waals surface area contributed by atoms with E-state index < -0.39 is 216 Å². The number of carbonyl (C=O) groups is 3. The summed E-state index contributed by atoms with van der Waals surface area (Å²) < 4.78 is 57.3. The van der Waals surface area contributed by atoms with Crippen LogP contribution in [0.3, 0.4) is 0 Å². The van der Waals surface area contributed by atoms with Gasteiger partial charge in [-0.15, -0.1) is 0 Å². The summed E-state index contributed by atoms with van der Waals surface area (Å²) in [5.41, 5.74) is 5.51. The fourth-order valence-electron chi connectivity index (χ4n) is 9.28. The van der Waals surface area contributed by atoms with Crippen LogP contribution in [0, 0.1) is 0 Å². The number of carboxylic acid groups (broad SMARTS) is 1. The smallest absolute Gasteiger partial charge is 0.364 e. The highest BCUT2D eigenvalue weighted by atomic mass is 16.8. The van der Waals surface area contributed by atoms with Crippen molar-refractivity contribution in [3.05, 3.63) is 0 Å². The molecule has 5 rings (SSSR count). The molecule has 0 bridgehead atoms. The Kier molecular flexibility index (Phi) is 23.4. The van der Waals surface area contributed by atoms with E-state index >= 15 is 0 Å². The molecule has 26 atom stereocenters. The summed E-state index contributed by atoms with van der Waals surface area (Å²) in [5.74, 6) is -6.91. The van der Waals surface area contributed by atoms with E-state index in [4.69, 9.17) is 53.1 Å². The predicted octanol–water partition coefficient (Wildman–Crippen LogP) is -11.3. The number of nitrogens with two attached hydrogens (primary N) is 1. The summed E-state index contributed by atoms with van der Waals surface area (Å²) in [6.45, 7) is -2.57. The van der Waals surface area contributed by atoms with E-state index in [-0.39, 0.29) is 6.61 Å². The quantitative estimate of drug-likeness (QED) is 0.0399. The van der Waals surface area contributed by atoms with Crippen LogP contribution in [0.1, 0.15) is 39.5 Å². The molecule has 2 amide bonds. The number of carbonyl (C=O) groups excluding carboxylic acids is 2. The van der Waals surface area contributed by atoms with Gasteiger partial charge in [0.1, 0.15) is 116 Å². The number of aliphatic hydroxyl groups excluding tert-OH is 15. The van der Waals surface area contributed by atoms with Crippen molar-refractivity contribution < 1.29 is 143 Å². The van der Waals surface area contributed by atoms with Gasteiger partial charge in [-0.2, -0.15) is 0 Å². The second-order valence-electron chi connectivity index (χ2n) is 18.5. The Morgan fingerprint density at radius 3 is 1.59 bits per heavy atom. The first kappa shape index (κ1) is 62.2. The van der Waals surface area contributed by atoms with Gasteiger partial charge < -0.3 is 145 Å². The maximum atomic E-state index is 13.0. The van der Waals surface area contributed by atoms with Gasteiger partial charge in [0.05, 0.1) is 45.2 Å². The maximum absolute atomic E-state index is 13.0. The van der Waals surface area contributed by atoms with Gasteiger partial charge in [-0.1, -0.05) is 0 Å². The normalized spacial score (nSPS) is 43.8. The highest BCUT2D eigenvalue weighted by molar-refractivity contribution is 5.76. The van der Waals surface area contributed by atoms with Crippen molar-refractivity contribution >= 4 is 17.8 Å². The Balaban J connectivity index is 1.37. The molecule has 5 fully saturated rings. The topological polar surface area (TPSA) is 517 Å². The lowest BCUT2D eigenvalue weighted by atomic mass is 9.88. The van der Waals surface area contributed by atoms with E-state index in [0.717, 1.165) is 13.8 Å². The molecule has 0 unspecified atom stereocenters. The van der Waals surface area contributed by atoms with E-state index in [1.807, 2.05) is 0 Å². The molecule has 0 radical (unpaired) electrons. The summed E-state index contributed by atoms with van der Waals surface area (Å²) in [7, 11) is 0. The van der Waals surface area contributed by atoms with Gasteiger partial charge >= 0.3 is 5.97 Å². The summed E-state index contributed by atoms with van der Waals surface area (Å²) >= 11 is 0. The van der Waals surface area contributed by atoms with Crippen molar-refractivity contribution in [1.29, 1.82) is 0 Å². The molecule has 430 valence electrons. The minimum absolute atomic E-state index is 0.0927. The molecule has 5 aliphatic rings. The Morgan fingerprint density at radius 2 is 1.08 bits per heavy atom. The first-order valence-corrected chi connectivity index (χ1v) is 23.9. The average molecular weight is 1080 g/mol. The number of amides is 2. The van der Waals surface area contributed by atoms with Crippen LogP contribution in [0.2, 0.25) is 0 Å². The van der Waals surface area contributed by atoms with E-state index in [9.17, 15) is 96.1 Å². The summed E-state index contributed by atoms with van der Waals surface area (Å²) in [6.07, 6.45) is -44.0. The molecule has 5 heterocycles. The van der Waals surface area contributed by atoms with Gasteiger partial charge in [0.25, 0.3) is 5.79 Å². The lowest BCUT2D eigenvalue weighted by Crippen LogP contribution is -2.71. The minimum Gasteiger partial charge on any atom is -0.477 e. The molecule has 0 aliphatic carbocycles.